The highest BCUT2D eigenvalue weighted by molar-refractivity contribution is 6.30. The van der Waals surface area contributed by atoms with Gasteiger partial charge in [-0.05, 0) is 35.4 Å². The normalized spacial score (nSPS) is 10.4. The van der Waals surface area contributed by atoms with E-state index in [2.05, 4.69) is 5.10 Å². The lowest BCUT2D eigenvalue weighted by Gasteiger charge is -2.04. The van der Waals surface area contributed by atoms with Gasteiger partial charge in [0.1, 0.15) is 24.3 Å². The van der Waals surface area contributed by atoms with E-state index in [9.17, 15) is 9.65 Å². The van der Waals surface area contributed by atoms with Crippen molar-refractivity contribution in [2.45, 2.75) is 13.2 Å². The van der Waals surface area contributed by atoms with Crippen LogP contribution in [0.1, 0.15) is 16.7 Å². The summed E-state index contributed by atoms with van der Waals surface area (Å²) in [4.78, 5) is 0. The first-order chi connectivity index (χ1) is 12.1. The van der Waals surface area contributed by atoms with Crippen molar-refractivity contribution in [3.63, 3.8) is 0 Å². The van der Waals surface area contributed by atoms with E-state index in [0.717, 1.165) is 5.56 Å². The number of nitrogens with two attached hydrogens (primary N) is 1. The number of aromatic nitrogens is 2. The fraction of sp³-hybridized carbons (Fsp3) is 0.111. The number of hydrogen-bond donors (Lipinski definition) is 1. The van der Waals surface area contributed by atoms with Crippen LogP contribution in [0.3, 0.4) is 0 Å². The number of nitriles is 1. The Hall–Kier alpha value is -3.04. The van der Waals surface area contributed by atoms with Crippen molar-refractivity contribution in [2.24, 2.45) is 0 Å². The maximum atomic E-state index is 13.3. The lowest BCUT2D eigenvalue weighted by Crippen LogP contribution is -2.06. The second-order valence-corrected chi connectivity index (χ2v) is 5.82. The average Bonchev–Trinajstić information content (AvgIpc) is 2.88. The third kappa shape index (κ3) is 3.90. The molecule has 3 rings (SSSR count). The zero-order valence-corrected chi connectivity index (χ0v) is 13.9. The van der Waals surface area contributed by atoms with E-state index in [0.29, 0.717) is 10.6 Å². The number of hydrogen-bond acceptors (Lipinski definition) is 4. The molecule has 2 aromatic carbocycles. The van der Waals surface area contributed by atoms with Gasteiger partial charge in [-0.3, -0.25) is 0 Å². The number of halogens is 2. The molecule has 0 unspecified atom stereocenters. The van der Waals surface area contributed by atoms with Crippen molar-refractivity contribution in [3.8, 4) is 11.9 Å². The molecule has 25 heavy (non-hydrogen) atoms. The quantitative estimate of drug-likeness (QED) is 0.755. The maximum absolute atomic E-state index is 13.3. The molecule has 2 N–H and O–H groups in total. The van der Waals surface area contributed by atoms with Crippen LogP contribution in [-0.2, 0) is 13.2 Å². The number of nitrogens with zero attached hydrogens (tertiary/aromatic N) is 3. The minimum absolute atomic E-state index is 0.136. The van der Waals surface area contributed by atoms with Gasteiger partial charge < -0.3 is 10.5 Å². The SMILES string of the molecule is N#Cc1c(OCc2cccc(Cl)c2)nn(Cc2cccc(F)c2)c1N. The van der Waals surface area contributed by atoms with E-state index in [4.69, 9.17) is 22.1 Å². The minimum atomic E-state index is -0.346. The first-order valence-electron chi connectivity index (χ1n) is 7.45. The molecule has 0 atom stereocenters. The third-order valence-corrected chi connectivity index (χ3v) is 3.79. The molecule has 3 aromatic rings. The second-order valence-electron chi connectivity index (χ2n) is 5.38. The molecule has 0 aliphatic carbocycles. The van der Waals surface area contributed by atoms with Crippen LogP contribution in [0.4, 0.5) is 10.2 Å². The van der Waals surface area contributed by atoms with Crippen LogP contribution in [0.5, 0.6) is 5.88 Å². The summed E-state index contributed by atoms with van der Waals surface area (Å²) in [5, 5.41) is 14.1. The number of rotatable bonds is 5. The smallest absolute Gasteiger partial charge is 0.253 e. The molecule has 0 aliphatic heterocycles. The first kappa shape index (κ1) is 16.8. The molecule has 0 saturated carbocycles. The Balaban J connectivity index is 1.81. The van der Waals surface area contributed by atoms with Crippen LogP contribution in [-0.4, -0.2) is 9.78 Å². The fourth-order valence-electron chi connectivity index (χ4n) is 2.37. The molecule has 0 aliphatic rings. The molecule has 0 radical (unpaired) electrons. The van der Waals surface area contributed by atoms with Gasteiger partial charge in [0.25, 0.3) is 5.88 Å². The highest BCUT2D eigenvalue weighted by Gasteiger charge is 2.17. The standard InChI is InChI=1S/C18H14ClFN4O/c19-14-5-1-4-13(7-14)11-25-18-16(9-21)17(22)24(23-18)10-12-3-2-6-15(20)8-12/h1-8H,10-11,22H2. The van der Waals surface area contributed by atoms with E-state index in [1.807, 2.05) is 18.2 Å². The summed E-state index contributed by atoms with van der Waals surface area (Å²) < 4.78 is 20.4. The van der Waals surface area contributed by atoms with Gasteiger partial charge in [-0.25, -0.2) is 9.07 Å². The van der Waals surface area contributed by atoms with Crippen molar-refractivity contribution in [1.29, 1.82) is 5.26 Å². The van der Waals surface area contributed by atoms with Gasteiger partial charge in [-0.2, -0.15) is 5.26 Å². The summed E-state index contributed by atoms with van der Waals surface area (Å²) in [7, 11) is 0. The van der Waals surface area contributed by atoms with E-state index in [1.165, 1.54) is 16.8 Å². The summed E-state index contributed by atoms with van der Waals surface area (Å²) in [6.45, 7) is 0.435. The number of anilines is 1. The molecular formula is C18H14ClFN4O. The second kappa shape index (κ2) is 7.24. The predicted octanol–water partition coefficient (Wildman–Crippen LogP) is 3.76. The van der Waals surface area contributed by atoms with Crippen molar-refractivity contribution >= 4 is 17.4 Å². The topological polar surface area (TPSA) is 76.9 Å². The minimum Gasteiger partial charge on any atom is -0.471 e. The van der Waals surface area contributed by atoms with Gasteiger partial charge in [-0.1, -0.05) is 35.9 Å². The van der Waals surface area contributed by atoms with Crippen LogP contribution in [0.25, 0.3) is 0 Å². The number of nitrogen functional groups attached to an aromatic ring is 1. The molecule has 1 heterocycles. The van der Waals surface area contributed by atoms with E-state index >= 15 is 0 Å². The van der Waals surface area contributed by atoms with Crippen LogP contribution in [0, 0.1) is 17.1 Å². The Morgan fingerprint density at radius 3 is 2.68 bits per heavy atom. The molecule has 0 saturated heterocycles. The molecule has 5 nitrogen and oxygen atoms in total. The summed E-state index contributed by atoms with van der Waals surface area (Å²) in [6, 6.07) is 15.3. The largest absolute Gasteiger partial charge is 0.471 e. The Bertz CT molecular complexity index is 948. The summed E-state index contributed by atoms with van der Waals surface area (Å²) in [5.41, 5.74) is 7.65. The van der Waals surface area contributed by atoms with Gasteiger partial charge in [0.15, 0.2) is 5.56 Å². The van der Waals surface area contributed by atoms with Gasteiger partial charge in [0.2, 0.25) is 0 Å². The Morgan fingerprint density at radius 1 is 1.20 bits per heavy atom. The van der Waals surface area contributed by atoms with Crippen LogP contribution >= 0.6 is 11.6 Å². The van der Waals surface area contributed by atoms with Crippen LogP contribution < -0.4 is 10.5 Å². The van der Waals surface area contributed by atoms with Crippen LogP contribution in [0.2, 0.25) is 5.02 Å². The third-order valence-electron chi connectivity index (χ3n) is 3.56. The Morgan fingerprint density at radius 2 is 1.96 bits per heavy atom. The van der Waals surface area contributed by atoms with Crippen molar-refractivity contribution in [1.82, 2.24) is 9.78 Å². The van der Waals surface area contributed by atoms with E-state index in [-0.39, 0.29) is 36.2 Å². The first-order valence-corrected chi connectivity index (χ1v) is 7.82. The molecule has 126 valence electrons. The molecule has 0 fully saturated rings. The highest BCUT2D eigenvalue weighted by Crippen LogP contribution is 2.25. The summed E-state index contributed by atoms with van der Waals surface area (Å²) >= 11 is 5.94. The van der Waals surface area contributed by atoms with E-state index in [1.54, 1.807) is 24.3 Å². The molecule has 0 bridgehead atoms. The lowest BCUT2D eigenvalue weighted by atomic mass is 10.2. The fourth-order valence-corrected chi connectivity index (χ4v) is 2.58. The zero-order chi connectivity index (χ0) is 17.8. The Kier molecular flexibility index (Phi) is 4.87. The van der Waals surface area contributed by atoms with Gasteiger partial charge in [0, 0.05) is 5.02 Å². The average molecular weight is 357 g/mol. The van der Waals surface area contributed by atoms with Crippen molar-refractivity contribution in [2.75, 3.05) is 5.73 Å². The lowest BCUT2D eigenvalue weighted by molar-refractivity contribution is 0.289. The zero-order valence-electron chi connectivity index (χ0n) is 13.1. The van der Waals surface area contributed by atoms with Gasteiger partial charge in [0.05, 0.1) is 6.54 Å². The summed E-state index contributed by atoms with van der Waals surface area (Å²) in [5.74, 6) is -0.0367. The van der Waals surface area contributed by atoms with Crippen LogP contribution in [0.15, 0.2) is 48.5 Å². The monoisotopic (exact) mass is 356 g/mol. The number of benzene rings is 2. The Labute approximate surface area is 149 Å². The number of ether oxygens (including phenoxy) is 1. The summed E-state index contributed by atoms with van der Waals surface area (Å²) in [6.07, 6.45) is 0. The van der Waals surface area contributed by atoms with Gasteiger partial charge >= 0.3 is 0 Å². The highest BCUT2D eigenvalue weighted by atomic mass is 35.5. The van der Waals surface area contributed by atoms with E-state index < -0.39 is 0 Å². The molecule has 0 amide bonds. The van der Waals surface area contributed by atoms with Crippen molar-refractivity contribution in [3.05, 3.63) is 76.1 Å². The molecule has 7 heteroatoms. The predicted molar refractivity (Wildman–Crippen MR) is 92.6 cm³/mol. The maximum Gasteiger partial charge on any atom is 0.253 e. The van der Waals surface area contributed by atoms with Crippen molar-refractivity contribution < 1.29 is 9.13 Å². The molecule has 0 spiro atoms. The molecular weight excluding hydrogens is 343 g/mol. The van der Waals surface area contributed by atoms with Gasteiger partial charge in [-0.15, -0.1) is 5.10 Å². The molecule has 1 aromatic heterocycles.